The standard InChI is InChI=1S/C11H15BrN2O5S2/c12-9-20(15,16)13-10-1-3-11(4-2-10)21(17,18)14-5-7-19-8-6-14/h1-4,13H,5-9H2. The Morgan fingerprint density at radius 3 is 2.19 bits per heavy atom. The van der Waals surface area contributed by atoms with E-state index in [0.717, 1.165) is 0 Å². The minimum Gasteiger partial charge on any atom is -0.379 e. The van der Waals surface area contributed by atoms with E-state index >= 15 is 0 Å². The van der Waals surface area contributed by atoms with Gasteiger partial charge in [-0.3, -0.25) is 4.72 Å². The molecule has 0 unspecified atom stereocenters. The number of morpholine rings is 1. The van der Waals surface area contributed by atoms with Crippen LogP contribution in [0.25, 0.3) is 0 Å². The van der Waals surface area contributed by atoms with Crippen LogP contribution in [0.4, 0.5) is 5.69 Å². The molecule has 0 saturated carbocycles. The summed E-state index contributed by atoms with van der Waals surface area (Å²) in [5, 5.41) is 0. The van der Waals surface area contributed by atoms with Crippen LogP contribution in [0.1, 0.15) is 0 Å². The first-order valence-electron chi connectivity index (χ1n) is 6.09. The number of ether oxygens (including phenoxy) is 1. The van der Waals surface area contributed by atoms with Gasteiger partial charge in [-0.05, 0) is 24.3 Å². The third-order valence-electron chi connectivity index (χ3n) is 2.88. The molecule has 1 fully saturated rings. The quantitative estimate of drug-likeness (QED) is 0.740. The van der Waals surface area contributed by atoms with E-state index in [1.807, 2.05) is 0 Å². The van der Waals surface area contributed by atoms with Crippen molar-refractivity contribution in [2.45, 2.75) is 4.90 Å². The van der Waals surface area contributed by atoms with Gasteiger partial charge in [-0.15, -0.1) is 0 Å². The minimum absolute atomic E-state index is 0.131. The summed E-state index contributed by atoms with van der Waals surface area (Å²) < 4.78 is 56.1. The highest BCUT2D eigenvalue weighted by atomic mass is 79.9. The fourth-order valence-corrected chi connectivity index (χ4v) is 4.14. The van der Waals surface area contributed by atoms with Gasteiger partial charge < -0.3 is 4.74 Å². The Kier molecular flexibility index (Phi) is 5.25. The number of hydrogen-bond donors (Lipinski definition) is 1. The van der Waals surface area contributed by atoms with Gasteiger partial charge in [-0.2, -0.15) is 4.31 Å². The molecule has 2 rings (SSSR count). The largest absolute Gasteiger partial charge is 0.379 e. The Labute approximate surface area is 132 Å². The third-order valence-corrected chi connectivity index (χ3v) is 7.43. The van der Waals surface area contributed by atoms with Crippen LogP contribution in [0.2, 0.25) is 0 Å². The van der Waals surface area contributed by atoms with Crippen molar-refractivity contribution in [3.63, 3.8) is 0 Å². The number of halogens is 1. The molecule has 1 aliphatic rings. The van der Waals surface area contributed by atoms with Crippen LogP contribution in [0.15, 0.2) is 29.2 Å². The number of benzene rings is 1. The number of alkyl halides is 1. The summed E-state index contributed by atoms with van der Waals surface area (Å²) in [5.41, 5.74) is 0.315. The summed E-state index contributed by atoms with van der Waals surface area (Å²) in [6.45, 7) is 1.39. The second-order valence-corrected chi connectivity index (χ2v) is 9.33. The zero-order valence-corrected chi connectivity index (χ0v) is 14.2. The Hall–Kier alpha value is -0.680. The monoisotopic (exact) mass is 398 g/mol. The number of hydrogen-bond acceptors (Lipinski definition) is 5. The summed E-state index contributed by atoms with van der Waals surface area (Å²) in [5.74, 6) is 0. The van der Waals surface area contributed by atoms with E-state index in [0.29, 0.717) is 32.0 Å². The van der Waals surface area contributed by atoms with E-state index in [1.54, 1.807) is 0 Å². The highest BCUT2D eigenvalue weighted by Gasteiger charge is 2.26. The minimum atomic E-state index is -3.56. The first-order valence-corrected chi connectivity index (χ1v) is 10.3. The van der Waals surface area contributed by atoms with Gasteiger partial charge in [0.25, 0.3) is 0 Å². The first-order chi connectivity index (χ1) is 9.85. The molecule has 0 amide bonds. The number of anilines is 1. The van der Waals surface area contributed by atoms with Crippen LogP contribution >= 0.6 is 15.9 Å². The Morgan fingerprint density at radius 2 is 1.67 bits per heavy atom. The van der Waals surface area contributed by atoms with Crippen molar-refractivity contribution in [3.8, 4) is 0 Å². The second kappa shape index (κ2) is 6.61. The normalized spacial score (nSPS) is 17.6. The Bertz CT molecular complexity index is 682. The molecule has 1 saturated heterocycles. The molecule has 1 aromatic rings. The van der Waals surface area contributed by atoms with Crippen LogP contribution in [0.3, 0.4) is 0 Å². The molecule has 118 valence electrons. The lowest BCUT2D eigenvalue weighted by atomic mass is 10.3. The predicted octanol–water partition coefficient (Wildman–Crippen LogP) is 0.802. The highest BCUT2D eigenvalue weighted by Crippen LogP contribution is 2.20. The highest BCUT2D eigenvalue weighted by molar-refractivity contribution is 9.10. The van der Waals surface area contributed by atoms with Crippen molar-refractivity contribution in [2.75, 3.05) is 35.7 Å². The average Bonchev–Trinajstić information content (AvgIpc) is 2.48. The molecule has 7 nitrogen and oxygen atoms in total. The fourth-order valence-electron chi connectivity index (χ4n) is 1.84. The molecule has 1 N–H and O–H groups in total. The van der Waals surface area contributed by atoms with E-state index < -0.39 is 20.0 Å². The smallest absolute Gasteiger partial charge is 0.243 e. The van der Waals surface area contributed by atoms with Gasteiger partial charge in [0.2, 0.25) is 20.0 Å². The molecule has 1 aliphatic heterocycles. The molecule has 10 heteroatoms. The number of nitrogens with zero attached hydrogens (tertiary/aromatic N) is 1. The van der Waals surface area contributed by atoms with E-state index in [4.69, 9.17) is 4.74 Å². The van der Waals surface area contributed by atoms with Gasteiger partial charge in [0.15, 0.2) is 0 Å². The summed E-state index contributed by atoms with van der Waals surface area (Å²) >= 11 is 2.86. The van der Waals surface area contributed by atoms with E-state index in [1.165, 1.54) is 28.6 Å². The van der Waals surface area contributed by atoms with Crippen molar-refractivity contribution in [1.29, 1.82) is 0 Å². The molecule has 1 aromatic carbocycles. The van der Waals surface area contributed by atoms with Crippen molar-refractivity contribution in [2.24, 2.45) is 0 Å². The molecule has 21 heavy (non-hydrogen) atoms. The van der Waals surface area contributed by atoms with Gasteiger partial charge in [0.1, 0.15) is 4.66 Å². The van der Waals surface area contributed by atoms with Crippen LogP contribution in [0, 0.1) is 0 Å². The number of rotatable bonds is 5. The maximum Gasteiger partial charge on any atom is 0.243 e. The molecule has 0 spiro atoms. The van der Waals surface area contributed by atoms with Gasteiger partial charge in [-0.1, -0.05) is 15.9 Å². The molecule has 0 aromatic heterocycles. The van der Waals surface area contributed by atoms with Crippen LogP contribution in [0.5, 0.6) is 0 Å². The summed E-state index contributed by atoms with van der Waals surface area (Å²) in [7, 11) is -7.01. The number of sulfonamides is 2. The van der Waals surface area contributed by atoms with Gasteiger partial charge >= 0.3 is 0 Å². The average molecular weight is 399 g/mol. The molecule has 0 aliphatic carbocycles. The third kappa shape index (κ3) is 4.16. The zero-order valence-electron chi connectivity index (χ0n) is 11.0. The topological polar surface area (TPSA) is 92.8 Å². The fraction of sp³-hybridized carbons (Fsp3) is 0.455. The summed E-state index contributed by atoms with van der Waals surface area (Å²) in [6.07, 6.45) is 0. The molecule has 0 bridgehead atoms. The van der Waals surface area contributed by atoms with Crippen molar-refractivity contribution in [1.82, 2.24) is 4.31 Å². The molecule has 1 heterocycles. The molecular weight excluding hydrogens is 384 g/mol. The van der Waals surface area contributed by atoms with Crippen molar-refractivity contribution >= 4 is 41.7 Å². The number of nitrogens with one attached hydrogen (secondary N) is 1. The van der Waals surface area contributed by atoms with Gasteiger partial charge in [0.05, 0.1) is 18.1 Å². The Balaban J connectivity index is 2.18. The van der Waals surface area contributed by atoms with E-state index in [2.05, 4.69) is 20.7 Å². The molecule has 0 atom stereocenters. The van der Waals surface area contributed by atoms with Crippen molar-refractivity contribution in [3.05, 3.63) is 24.3 Å². The predicted molar refractivity (Wildman–Crippen MR) is 82.4 cm³/mol. The summed E-state index contributed by atoms with van der Waals surface area (Å²) in [6, 6.07) is 5.62. The zero-order chi connectivity index (χ0) is 15.5. The van der Waals surface area contributed by atoms with Crippen molar-refractivity contribution < 1.29 is 21.6 Å². The maximum absolute atomic E-state index is 12.4. The second-order valence-electron chi connectivity index (χ2n) is 4.37. The molecular formula is C11H15BrN2O5S2. The van der Waals surface area contributed by atoms with E-state index in [-0.39, 0.29) is 9.56 Å². The van der Waals surface area contributed by atoms with Crippen LogP contribution in [-0.2, 0) is 24.8 Å². The summed E-state index contributed by atoms with van der Waals surface area (Å²) in [4.78, 5) is 0.131. The SMILES string of the molecule is O=S(=O)(CBr)Nc1ccc(S(=O)(=O)N2CCOCC2)cc1. The van der Waals surface area contributed by atoms with E-state index in [9.17, 15) is 16.8 Å². The van der Waals surface area contributed by atoms with Crippen LogP contribution in [-0.4, -0.2) is 52.1 Å². The lowest BCUT2D eigenvalue weighted by Gasteiger charge is -2.26. The Morgan fingerprint density at radius 1 is 1.10 bits per heavy atom. The lowest BCUT2D eigenvalue weighted by Crippen LogP contribution is -2.40. The van der Waals surface area contributed by atoms with Gasteiger partial charge in [0, 0.05) is 18.8 Å². The lowest BCUT2D eigenvalue weighted by molar-refractivity contribution is 0.0730. The maximum atomic E-state index is 12.4. The van der Waals surface area contributed by atoms with Gasteiger partial charge in [-0.25, -0.2) is 16.8 Å². The van der Waals surface area contributed by atoms with Crippen LogP contribution < -0.4 is 4.72 Å². The first kappa shape index (κ1) is 16.7. The molecule has 0 radical (unpaired) electrons.